The average Bonchev–Trinajstić information content (AvgIpc) is 2.58. The fourth-order valence-electron chi connectivity index (χ4n) is 3.19. The number of anilines is 3. The van der Waals surface area contributed by atoms with Crippen LogP contribution >= 0.6 is 0 Å². The van der Waals surface area contributed by atoms with E-state index in [1.165, 1.54) is 12.5 Å². The molecule has 2 aromatic carbocycles. The van der Waals surface area contributed by atoms with Crippen LogP contribution in [-0.4, -0.2) is 32.5 Å². The van der Waals surface area contributed by atoms with Crippen LogP contribution in [0.15, 0.2) is 36.4 Å². The highest BCUT2D eigenvalue weighted by atomic mass is 16.2. The summed E-state index contributed by atoms with van der Waals surface area (Å²) in [7, 11) is 3.94. The van der Waals surface area contributed by atoms with Gasteiger partial charge >= 0.3 is 0 Å². The average molecular weight is 367 g/mol. The molecule has 2 amide bonds. The van der Waals surface area contributed by atoms with Crippen LogP contribution < -0.4 is 15.1 Å². The van der Waals surface area contributed by atoms with Crippen LogP contribution in [0, 0.1) is 20.8 Å². The molecule has 0 bridgehead atoms. The van der Waals surface area contributed by atoms with E-state index in [9.17, 15) is 9.59 Å². The van der Waals surface area contributed by atoms with Gasteiger partial charge in [-0.3, -0.25) is 9.59 Å². The van der Waals surface area contributed by atoms with E-state index >= 15 is 0 Å². The predicted molar refractivity (Wildman–Crippen MR) is 113 cm³/mol. The molecule has 2 rings (SSSR count). The first-order valence-corrected chi connectivity index (χ1v) is 9.12. The van der Waals surface area contributed by atoms with E-state index in [-0.39, 0.29) is 18.2 Å². The molecule has 0 aliphatic rings. The molecule has 0 radical (unpaired) electrons. The Balaban J connectivity index is 2.05. The second-order valence-electron chi connectivity index (χ2n) is 7.15. The van der Waals surface area contributed by atoms with Crippen LogP contribution in [0.5, 0.6) is 0 Å². The molecule has 0 saturated heterocycles. The van der Waals surface area contributed by atoms with Crippen molar-refractivity contribution in [1.82, 2.24) is 0 Å². The van der Waals surface area contributed by atoms with Crippen molar-refractivity contribution in [2.45, 2.75) is 34.1 Å². The van der Waals surface area contributed by atoms with Crippen LogP contribution in [0.4, 0.5) is 17.1 Å². The number of carbonyl (C=O) groups is 2. The van der Waals surface area contributed by atoms with Gasteiger partial charge in [0.05, 0.1) is 0 Å². The fraction of sp³-hybridized carbons (Fsp3) is 0.364. The lowest BCUT2D eigenvalue weighted by atomic mass is 10.0. The number of rotatable bonds is 6. The normalized spacial score (nSPS) is 10.4. The van der Waals surface area contributed by atoms with Crippen LogP contribution in [0.2, 0.25) is 0 Å². The Morgan fingerprint density at radius 2 is 1.44 bits per heavy atom. The largest absolute Gasteiger partial charge is 0.378 e. The third-order valence-corrected chi connectivity index (χ3v) is 4.56. The molecule has 0 atom stereocenters. The maximum absolute atomic E-state index is 12.4. The van der Waals surface area contributed by atoms with E-state index in [1.54, 1.807) is 4.90 Å². The molecule has 5 heteroatoms. The molecule has 0 aliphatic carbocycles. The van der Waals surface area contributed by atoms with E-state index in [0.717, 1.165) is 28.2 Å². The number of benzene rings is 2. The summed E-state index contributed by atoms with van der Waals surface area (Å²) >= 11 is 0. The van der Waals surface area contributed by atoms with Gasteiger partial charge in [-0.05, 0) is 56.2 Å². The van der Waals surface area contributed by atoms with Gasteiger partial charge < -0.3 is 15.1 Å². The zero-order valence-corrected chi connectivity index (χ0v) is 17.1. The summed E-state index contributed by atoms with van der Waals surface area (Å²) in [5, 5.41) is 2.99. The van der Waals surface area contributed by atoms with Crippen LogP contribution in [0.3, 0.4) is 0 Å². The number of nitrogens with zero attached hydrogens (tertiary/aromatic N) is 2. The number of hydrogen-bond donors (Lipinski definition) is 1. The monoisotopic (exact) mass is 367 g/mol. The van der Waals surface area contributed by atoms with Crippen molar-refractivity contribution in [3.63, 3.8) is 0 Å². The van der Waals surface area contributed by atoms with Crippen LogP contribution in [0.1, 0.15) is 30.0 Å². The Bertz CT molecular complexity index is 803. The smallest absolute Gasteiger partial charge is 0.226 e. The Kier molecular flexibility index (Phi) is 6.61. The summed E-state index contributed by atoms with van der Waals surface area (Å²) in [6.45, 7) is 7.88. The second kappa shape index (κ2) is 8.71. The second-order valence-corrected chi connectivity index (χ2v) is 7.15. The summed E-state index contributed by atoms with van der Waals surface area (Å²) in [6, 6.07) is 11.8. The molecule has 0 saturated carbocycles. The predicted octanol–water partition coefficient (Wildman–Crippen LogP) is 4.06. The van der Waals surface area contributed by atoms with Gasteiger partial charge in [0.2, 0.25) is 11.8 Å². The zero-order valence-electron chi connectivity index (χ0n) is 17.1. The van der Waals surface area contributed by atoms with Crippen molar-refractivity contribution in [3.05, 3.63) is 53.1 Å². The molecule has 0 heterocycles. The van der Waals surface area contributed by atoms with Gasteiger partial charge in [0.15, 0.2) is 0 Å². The van der Waals surface area contributed by atoms with Gasteiger partial charge in [0.1, 0.15) is 0 Å². The van der Waals surface area contributed by atoms with Gasteiger partial charge in [0.25, 0.3) is 0 Å². The molecule has 0 aromatic heterocycles. The zero-order chi connectivity index (χ0) is 20.1. The molecular weight excluding hydrogens is 338 g/mol. The van der Waals surface area contributed by atoms with Gasteiger partial charge in [-0.2, -0.15) is 0 Å². The summed E-state index contributed by atoms with van der Waals surface area (Å²) in [5.41, 5.74) is 5.98. The molecular formula is C22H29N3O2. The topological polar surface area (TPSA) is 52.7 Å². The molecule has 0 fully saturated rings. The number of nitrogens with one attached hydrogen (secondary N) is 1. The maximum atomic E-state index is 12.4. The minimum Gasteiger partial charge on any atom is -0.378 e. The van der Waals surface area contributed by atoms with Crippen molar-refractivity contribution < 1.29 is 9.59 Å². The molecule has 2 aromatic rings. The molecule has 0 unspecified atom stereocenters. The quantitative estimate of drug-likeness (QED) is 0.838. The van der Waals surface area contributed by atoms with Crippen molar-refractivity contribution in [2.75, 3.05) is 35.8 Å². The first-order valence-electron chi connectivity index (χ1n) is 9.12. The number of aryl methyl sites for hydroxylation is 3. The third kappa shape index (κ3) is 5.33. The maximum Gasteiger partial charge on any atom is 0.226 e. The molecule has 27 heavy (non-hydrogen) atoms. The Morgan fingerprint density at radius 3 is 1.93 bits per heavy atom. The molecule has 0 spiro atoms. The fourth-order valence-corrected chi connectivity index (χ4v) is 3.19. The van der Waals surface area contributed by atoms with Crippen molar-refractivity contribution in [1.29, 1.82) is 0 Å². The summed E-state index contributed by atoms with van der Waals surface area (Å²) < 4.78 is 0. The number of amides is 2. The SMILES string of the molecule is CC(=O)N(CCC(=O)Nc1c(C)cc(C)cc1C)c1ccc(N(C)C)cc1. The summed E-state index contributed by atoms with van der Waals surface area (Å²) in [4.78, 5) is 28.1. The van der Waals surface area contributed by atoms with E-state index in [0.29, 0.717) is 6.54 Å². The van der Waals surface area contributed by atoms with Gasteiger partial charge in [-0.25, -0.2) is 0 Å². The number of hydrogen-bond acceptors (Lipinski definition) is 3. The van der Waals surface area contributed by atoms with Gasteiger partial charge in [0, 0.05) is 51.0 Å². The van der Waals surface area contributed by atoms with Crippen molar-refractivity contribution >= 4 is 28.9 Å². The van der Waals surface area contributed by atoms with E-state index in [2.05, 4.69) is 17.4 Å². The lowest BCUT2D eigenvalue weighted by Gasteiger charge is -2.22. The molecule has 144 valence electrons. The Labute approximate surface area is 162 Å². The highest BCUT2D eigenvalue weighted by molar-refractivity contribution is 5.95. The molecule has 0 aliphatic heterocycles. The van der Waals surface area contributed by atoms with Gasteiger partial charge in [-0.1, -0.05) is 17.7 Å². The summed E-state index contributed by atoms with van der Waals surface area (Å²) in [5.74, 6) is -0.177. The third-order valence-electron chi connectivity index (χ3n) is 4.56. The van der Waals surface area contributed by atoms with E-state index in [4.69, 9.17) is 0 Å². The first-order chi connectivity index (χ1) is 12.7. The van der Waals surface area contributed by atoms with Gasteiger partial charge in [-0.15, -0.1) is 0 Å². The Morgan fingerprint density at radius 1 is 0.926 bits per heavy atom. The van der Waals surface area contributed by atoms with Crippen LogP contribution in [0.25, 0.3) is 0 Å². The van der Waals surface area contributed by atoms with Crippen molar-refractivity contribution in [2.24, 2.45) is 0 Å². The number of carbonyl (C=O) groups excluding carboxylic acids is 2. The standard InChI is InChI=1S/C22H29N3O2/c1-15-13-16(2)22(17(3)14-15)23-21(27)11-12-25(18(4)26)20-9-7-19(8-10-20)24(5)6/h7-10,13-14H,11-12H2,1-6H3,(H,23,27). The highest BCUT2D eigenvalue weighted by Gasteiger charge is 2.15. The lowest BCUT2D eigenvalue weighted by Crippen LogP contribution is -2.32. The van der Waals surface area contributed by atoms with Crippen molar-refractivity contribution in [3.8, 4) is 0 Å². The molecule has 1 N–H and O–H groups in total. The first kappa shape index (κ1) is 20.5. The molecule has 5 nitrogen and oxygen atoms in total. The van der Waals surface area contributed by atoms with E-state index in [1.807, 2.05) is 64.0 Å². The minimum atomic E-state index is -0.0961. The lowest BCUT2D eigenvalue weighted by molar-refractivity contribution is -0.117. The summed E-state index contributed by atoms with van der Waals surface area (Å²) in [6.07, 6.45) is 0.238. The Hall–Kier alpha value is -2.82. The minimum absolute atomic E-state index is 0.0805. The van der Waals surface area contributed by atoms with E-state index < -0.39 is 0 Å². The highest BCUT2D eigenvalue weighted by Crippen LogP contribution is 2.23. The van der Waals surface area contributed by atoms with Crippen LogP contribution in [-0.2, 0) is 9.59 Å².